The first kappa shape index (κ1) is 25.9. The lowest BCUT2D eigenvalue weighted by atomic mass is 10.1. The fourth-order valence-electron chi connectivity index (χ4n) is 2.95. The Morgan fingerprint density at radius 1 is 1.03 bits per heavy atom. The molecule has 0 fully saturated rings. The zero-order valence-electron chi connectivity index (χ0n) is 18.5. The molecule has 0 aliphatic carbocycles. The number of fused-ring (bicyclic) bond motifs is 1. The standard InChI is InChI=1S/C21H25N3O5S2.ClH/c1-23(2)10-11-24(20(25)14-6-9-17(28-3)18(12-14)29-4)21-22-16-8-7-15(31(5,26)27)13-19(16)30-21;/h6-9,12-13H,10-11H2,1-5H3;1H. The Balaban J connectivity index is 0.00000363. The van der Waals surface area contributed by atoms with E-state index in [1.54, 1.807) is 35.2 Å². The van der Waals surface area contributed by atoms with Gasteiger partial charge in [-0.3, -0.25) is 9.69 Å². The van der Waals surface area contributed by atoms with Crippen LogP contribution in [-0.4, -0.2) is 71.9 Å². The van der Waals surface area contributed by atoms with Crippen molar-refractivity contribution < 1.29 is 22.7 Å². The first-order valence-corrected chi connectivity index (χ1v) is 12.1. The summed E-state index contributed by atoms with van der Waals surface area (Å²) < 4.78 is 35.1. The van der Waals surface area contributed by atoms with E-state index < -0.39 is 9.84 Å². The summed E-state index contributed by atoms with van der Waals surface area (Å²) in [6.45, 7) is 1.04. The molecule has 0 aliphatic rings. The molecule has 32 heavy (non-hydrogen) atoms. The largest absolute Gasteiger partial charge is 0.493 e. The second-order valence-corrected chi connectivity index (χ2v) is 10.3. The number of benzene rings is 2. The summed E-state index contributed by atoms with van der Waals surface area (Å²) in [6, 6.07) is 9.79. The zero-order valence-corrected chi connectivity index (χ0v) is 20.9. The molecule has 174 valence electrons. The van der Waals surface area contributed by atoms with Gasteiger partial charge in [0.2, 0.25) is 0 Å². The molecule has 0 saturated heterocycles. The number of methoxy groups -OCH3 is 2. The van der Waals surface area contributed by atoms with Crippen LogP contribution in [0.5, 0.6) is 11.5 Å². The molecule has 3 aromatic rings. The first-order chi connectivity index (χ1) is 14.6. The van der Waals surface area contributed by atoms with Gasteiger partial charge in [0.1, 0.15) is 0 Å². The number of thiazole rings is 1. The highest BCUT2D eigenvalue weighted by Crippen LogP contribution is 2.33. The Bertz CT molecular complexity index is 1210. The van der Waals surface area contributed by atoms with Gasteiger partial charge in [-0.2, -0.15) is 0 Å². The number of carbonyl (C=O) groups excluding carboxylic acids is 1. The molecule has 3 rings (SSSR count). The van der Waals surface area contributed by atoms with Crippen molar-refractivity contribution in [2.45, 2.75) is 4.90 Å². The number of hydrogen-bond acceptors (Lipinski definition) is 8. The van der Waals surface area contributed by atoms with Gasteiger partial charge in [-0.25, -0.2) is 13.4 Å². The molecular weight excluding hydrogens is 474 g/mol. The Morgan fingerprint density at radius 3 is 2.31 bits per heavy atom. The predicted molar refractivity (Wildman–Crippen MR) is 130 cm³/mol. The molecule has 1 amide bonds. The Labute approximate surface area is 198 Å². The van der Waals surface area contributed by atoms with Crippen molar-refractivity contribution in [3.8, 4) is 11.5 Å². The molecule has 0 aliphatic heterocycles. The van der Waals surface area contributed by atoms with Crippen LogP contribution in [0, 0.1) is 0 Å². The van der Waals surface area contributed by atoms with E-state index in [9.17, 15) is 13.2 Å². The van der Waals surface area contributed by atoms with Crippen LogP contribution in [-0.2, 0) is 9.84 Å². The van der Waals surface area contributed by atoms with E-state index in [0.29, 0.717) is 45.5 Å². The summed E-state index contributed by atoms with van der Waals surface area (Å²) >= 11 is 1.28. The molecule has 1 heterocycles. The lowest BCUT2D eigenvalue weighted by molar-refractivity contribution is 0.0985. The van der Waals surface area contributed by atoms with Gasteiger partial charge in [-0.05, 0) is 50.5 Å². The maximum atomic E-state index is 13.4. The normalized spacial score (nSPS) is 11.3. The van der Waals surface area contributed by atoms with Gasteiger partial charge in [0, 0.05) is 24.9 Å². The highest BCUT2D eigenvalue weighted by molar-refractivity contribution is 7.90. The van der Waals surface area contributed by atoms with E-state index in [2.05, 4.69) is 4.98 Å². The van der Waals surface area contributed by atoms with Gasteiger partial charge in [0.05, 0.1) is 29.3 Å². The van der Waals surface area contributed by atoms with Gasteiger partial charge >= 0.3 is 0 Å². The second kappa shape index (κ2) is 10.5. The number of aromatic nitrogens is 1. The number of nitrogens with zero attached hydrogens (tertiary/aromatic N) is 3. The fraction of sp³-hybridized carbons (Fsp3) is 0.333. The van der Waals surface area contributed by atoms with E-state index in [0.717, 1.165) is 0 Å². The minimum absolute atomic E-state index is 0. The summed E-state index contributed by atoms with van der Waals surface area (Å²) in [4.78, 5) is 21.8. The summed E-state index contributed by atoms with van der Waals surface area (Å²) in [6.07, 6.45) is 1.17. The van der Waals surface area contributed by atoms with Crippen LogP contribution in [0.15, 0.2) is 41.3 Å². The number of ether oxygens (including phenoxy) is 2. The third-order valence-corrected chi connectivity index (χ3v) is 6.81. The number of anilines is 1. The third kappa shape index (κ3) is 5.69. The molecule has 0 saturated carbocycles. The number of hydrogen-bond donors (Lipinski definition) is 0. The topological polar surface area (TPSA) is 89.0 Å². The molecule has 11 heteroatoms. The zero-order chi connectivity index (χ0) is 22.8. The summed E-state index contributed by atoms with van der Waals surface area (Å²) in [5, 5.41) is 0.502. The number of rotatable bonds is 8. The lowest BCUT2D eigenvalue weighted by Crippen LogP contribution is -2.36. The minimum Gasteiger partial charge on any atom is -0.493 e. The SMILES string of the molecule is COc1ccc(C(=O)N(CCN(C)C)c2nc3ccc(S(C)(=O)=O)cc3s2)cc1OC.Cl. The molecule has 0 radical (unpaired) electrons. The van der Waals surface area contributed by atoms with Gasteiger partial charge in [0.15, 0.2) is 26.5 Å². The maximum absolute atomic E-state index is 13.4. The van der Waals surface area contributed by atoms with Crippen LogP contribution in [0.3, 0.4) is 0 Å². The lowest BCUT2D eigenvalue weighted by Gasteiger charge is -2.22. The van der Waals surface area contributed by atoms with Gasteiger partial charge in [0.25, 0.3) is 5.91 Å². The molecule has 8 nitrogen and oxygen atoms in total. The number of halogens is 1. The van der Waals surface area contributed by atoms with Gasteiger partial charge in [-0.1, -0.05) is 11.3 Å². The third-order valence-electron chi connectivity index (χ3n) is 4.65. The smallest absolute Gasteiger partial charge is 0.260 e. The van der Waals surface area contributed by atoms with E-state index >= 15 is 0 Å². The number of sulfone groups is 1. The Morgan fingerprint density at radius 2 is 1.72 bits per heavy atom. The number of likely N-dealkylation sites (N-methyl/N-ethyl adjacent to an activating group) is 1. The Hall–Kier alpha value is -2.40. The Kier molecular flexibility index (Phi) is 8.47. The average Bonchev–Trinajstić information content (AvgIpc) is 3.15. The molecule has 0 bridgehead atoms. The maximum Gasteiger partial charge on any atom is 0.260 e. The van der Waals surface area contributed by atoms with Crippen molar-refractivity contribution in [3.05, 3.63) is 42.0 Å². The summed E-state index contributed by atoms with van der Waals surface area (Å²) in [5.41, 5.74) is 1.08. The van der Waals surface area contributed by atoms with Crippen LogP contribution >= 0.6 is 23.7 Å². The highest BCUT2D eigenvalue weighted by Gasteiger charge is 2.23. The van der Waals surface area contributed by atoms with Crippen molar-refractivity contribution in [2.75, 3.05) is 52.6 Å². The van der Waals surface area contributed by atoms with Crippen molar-refractivity contribution in [2.24, 2.45) is 0 Å². The van der Waals surface area contributed by atoms with E-state index in [4.69, 9.17) is 9.47 Å². The van der Waals surface area contributed by atoms with Crippen molar-refractivity contribution >= 4 is 54.8 Å². The second-order valence-electron chi connectivity index (χ2n) is 7.23. The molecular formula is C21H26ClN3O5S2. The summed E-state index contributed by atoms with van der Waals surface area (Å²) in [5.74, 6) is 0.764. The van der Waals surface area contributed by atoms with Crippen LogP contribution < -0.4 is 14.4 Å². The fourth-order valence-corrected chi connectivity index (χ4v) is 4.70. The average molecular weight is 500 g/mol. The number of carbonyl (C=O) groups is 1. The van der Waals surface area contributed by atoms with Gasteiger partial charge in [-0.15, -0.1) is 12.4 Å². The van der Waals surface area contributed by atoms with Crippen LogP contribution in [0.25, 0.3) is 10.2 Å². The minimum atomic E-state index is -3.33. The quantitative estimate of drug-likeness (QED) is 0.469. The predicted octanol–water partition coefficient (Wildman–Crippen LogP) is 3.35. The van der Waals surface area contributed by atoms with E-state index in [-0.39, 0.29) is 23.2 Å². The molecule has 2 aromatic carbocycles. The van der Waals surface area contributed by atoms with Crippen LogP contribution in [0.4, 0.5) is 5.13 Å². The molecule has 0 atom stereocenters. The van der Waals surface area contributed by atoms with Crippen molar-refractivity contribution in [3.63, 3.8) is 0 Å². The van der Waals surface area contributed by atoms with Crippen LogP contribution in [0.2, 0.25) is 0 Å². The summed E-state index contributed by atoms with van der Waals surface area (Å²) in [7, 11) is 3.57. The van der Waals surface area contributed by atoms with Gasteiger partial charge < -0.3 is 14.4 Å². The monoisotopic (exact) mass is 499 g/mol. The molecule has 0 N–H and O–H groups in total. The molecule has 0 spiro atoms. The highest BCUT2D eigenvalue weighted by atomic mass is 35.5. The molecule has 0 unspecified atom stereocenters. The van der Waals surface area contributed by atoms with E-state index in [1.807, 2.05) is 19.0 Å². The molecule has 1 aromatic heterocycles. The first-order valence-electron chi connectivity index (χ1n) is 9.43. The number of amides is 1. The van der Waals surface area contributed by atoms with Crippen molar-refractivity contribution in [1.29, 1.82) is 0 Å². The van der Waals surface area contributed by atoms with Crippen LogP contribution in [0.1, 0.15) is 10.4 Å². The van der Waals surface area contributed by atoms with Crippen molar-refractivity contribution in [1.82, 2.24) is 9.88 Å². The van der Waals surface area contributed by atoms with E-state index in [1.165, 1.54) is 37.9 Å².